The maximum Gasteiger partial charge on any atom is 0.269 e. The lowest BCUT2D eigenvalue weighted by atomic mass is 10.2. The Kier molecular flexibility index (Phi) is 5.57. The fraction of sp³-hybridized carbons (Fsp3) is 0.176. The molecular weight excluding hydrogens is 374 g/mol. The number of sulfonamides is 1. The van der Waals surface area contributed by atoms with Gasteiger partial charge < -0.3 is 9.47 Å². The Morgan fingerprint density at radius 3 is 2.48 bits per heavy atom. The summed E-state index contributed by atoms with van der Waals surface area (Å²) >= 11 is 0. The topological polar surface area (TPSA) is 123 Å². The summed E-state index contributed by atoms with van der Waals surface area (Å²) in [6, 6.07) is 12.4. The molecule has 0 aliphatic carbocycles. The third-order valence-electron chi connectivity index (χ3n) is 3.65. The molecule has 1 aliphatic heterocycles. The van der Waals surface area contributed by atoms with Gasteiger partial charge >= 0.3 is 0 Å². The lowest BCUT2D eigenvalue weighted by Crippen LogP contribution is -2.42. The minimum absolute atomic E-state index is 0.0933. The first-order chi connectivity index (χ1) is 13.0. The molecule has 9 nitrogen and oxygen atoms in total. The Labute approximate surface area is 155 Å². The molecule has 1 aliphatic rings. The van der Waals surface area contributed by atoms with Crippen molar-refractivity contribution in [2.45, 2.75) is 11.3 Å². The summed E-state index contributed by atoms with van der Waals surface area (Å²) in [4.78, 5) is 23.9. The number of carbonyl (C=O) groups excluding carboxylic acids is 2. The van der Waals surface area contributed by atoms with Crippen LogP contribution in [0.5, 0.6) is 11.5 Å². The van der Waals surface area contributed by atoms with Gasteiger partial charge in [0.25, 0.3) is 5.91 Å². The van der Waals surface area contributed by atoms with Crippen molar-refractivity contribution < 1.29 is 27.5 Å². The number of amides is 2. The summed E-state index contributed by atoms with van der Waals surface area (Å²) in [5.41, 5.74) is 4.77. The molecular formula is C17H17N3O6S. The number of ether oxygens (including phenoxy) is 2. The molecule has 142 valence electrons. The van der Waals surface area contributed by atoms with Crippen LogP contribution in [-0.4, -0.2) is 33.6 Å². The number of carbonyl (C=O) groups is 2. The Hall–Kier alpha value is -3.11. The number of nitrogens with one attached hydrogen (secondary N) is 3. The number of fused-ring (bicyclic) bond motifs is 1. The Bertz CT molecular complexity index is 946. The fourth-order valence-corrected chi connectivity index (χ4v) is 3.33. The standard InChI is InChI=1S/C17H17N3O6S/c21-16(8-9-18-27(23,24)13-4-2-1-3-5-13)19-20-17(22)12-6-7-14-15(10-12)26-11-25-14/h1-7,10,18H,8-9,11H2,(H,19,21)(H,20,22). The lowest BCUT2D eigenvalue weighted by Gasteiger charge is -2.09. The molecule has 0 aromatic heterocycles. The zero-order valence-electron chi connectivity index (χ0n) is 14.1. The Morgan fingerprint density at radius 1 is 0.963 bits per heavy atom. The fourth-order valence-electron chi connectivity index (χ4n) is 2.28. The molecule has 0 saturated carbocycles. The highest BCUT2D eigenvalue weighted by Crippen LogP contribution is 2.32. The molecule has 0 unspecified atom stereocenters. The maximum absolute atomic E-state index is 12.0. The summed E-state index contributed by atoms with van der Waals surface area (Å²) in [6.45, 7) is -0.0149. The second-order valence-electron chi connectivity index (χ2n) is 5.53. The van der Waals surface area contributed by atoms with Crippen LogP contribution in [-0.2, 0) is 14.8 Å². The van der Waals surface area contributed by atoms with Crippen molar-refractivity contribution in [2.75, 3.05) is 13.3 Å². The zero-order chi connectivity index (χ0) is 19.3. The van der Waals surface area contributed by atoms with E-state index >= 15 is 0 Å². The highest BCUT2D eigenvalue weighted by atomic mass is 32.2. The zero-order valence-corrected chi connectivity index (χ0v) is 14.9. The van der Waals surface area contributed by atoms with Gasteiger partial charge in [-0.25, -0.2) is 13.1 Å². The molecule has 27 heavy (non-hydrogen) atoms. The van der Waals surface area contributed by atoms with Gasteiger partial charge in [-0.15, -0.1) is 0 Å². The van der Waals surface area contributed by atoms with Crippen LogP contribution in [0.3, 0.4) is 0 Å². The van der Waals surface area contributed by atoms with E-state index in [0.29, 0.717) is 11.5 Å². The number of benzene rings is 2. The van der Waals surface area contributed by atoms with E-state index in [9.17, 15) is 18.0 Å². The number of hydrogen-bond acceptors (Lipinski definition) is 6. The van der Waals surface area contributed by atoms with Crippen LogP contribution in [0.4, 0.5) is 0 Å². The van der Waals surface area contributed by atoms with E-state index in [1.165, 1.54) is 24.3 Å². The van der Waals surface area contributed by atoms with Gasteiger partial charge in [0.1, 0.15) is 0 Å². The van der Waals surface area contributed by atoms with Gasteiger partial charge in [-0.2, -0.15) is 0 Å². The minimum Gasteiger partial charge on any atom is -0.454 e. The van der Waals surface area contributed by atoms with Crippen molar-refractivity contribution >= 4 is 21.8 Å². The van der Waals surface area contributed by atoms with E-state index in [1.807, 2.05) is 0 Å². The third kappa shape index (κ3) is 4.74. The summed E-state index contributed by atoms with van der Waals surface area (Å²) in [6.07, 6.45) is -0.145. The first kappa shape index (κ1) is 18.7. The molecule has 0 radical (unpaired) electrons. The normalized spacial score (nSPS) is 12.4. The smallest absolute Gasteiger partial charge is 0.269 e. The number of rotatable bonds is 6. The summed E-state index contributed by atoms with van der Waals surface area (Å²) in [5.74, 6) is -0.0862. The van der Waals surface area contributed by atoms with Gasteiger partial charge in [-0.3, -0.25) is 20.4 Å². The molecule has 1 heterocycles. The van der Waals surface area contributed by atoms with Gasteiger partial charge in [0.15, 0.2) is 11.5 Å². The summed E-state index contributed by atoms with van der Waals surface area (Å²) in [7, 11) is -3.68. The van der Waals surface area contributed by atoms with Crippen molar-refractivity contribution in [1.29, 1.82) is 0 Å². The molecule has 2 amide bonds. The second-order valence-corrected chi connectivity index (χ2v) is 7.30. The van der Waals surface area contributed by atoms with Gasteiger partial charge in [-0.1, -0.05) is 18.2 Å². The molecule has 3 rings (SSSR count). The molecule has 0 bridgehead atoms. The average Bonchev–Trinajstić information content (AvgIpc) is 3.14. The van der Waals surface area contributed by atoms with Crippen LogP contribution >= 0.6 is 0 Å². The average molecular weight is 391 g/mol. The highest BCUT2D eigenvalue weighted by Gasteiger charge is 2.17. The Morgan fingerprint density at radius 2 is 1.70 bits per heavy atom. The van der Waals surface area contributed by atoms with E-state index in [1.54, 1.807) is 24.3 Å². The SMILES string of the molecule is O=C(CCNS(=O)(=O)c1ccccc1)NNC(=O)c1ccc2c(c1)OCO2. The van der Waals surface area contributed by atoms with Gasteiger partial charge in [0.05, 0.1) is 4.90 Å². The second kappa shape index (κ2) is 8.06. The predicted octanol–water partition coefficient (Wildman–Crippen LogP) is 0.545. The number of hydrazine groups is 1. The van der Waals surface area contributed by atoms with Crippen molar-refractivity contribution in [3.05, 3.63) is 54.1 Å². The van der Waals surface area contributed by atoms with Crippen molar-refractivity contribution in [3.8, 4) is 11.5 Å². The molecule has 3 N–H and O–H groups in total. The molecule has 2 aromatic rings. The van der Waals surface area contributed by atoms with Crippen LogP contribution in [0.2, 0.25) is 0 Å². The van der Waals surface area contributed by atoms with E-state index in [2.05, 4.69) is 15.6 Å². The van der Waals surface area contributed by atoms with Gasteiger partial charge in [-0.05, 0) is 30.3 Å². The van der Waals surface area contributed by atoms with E-state index in [-0.39, 0.29) is 30.2 Å². The van der Waals surface area contributed by atoms with Gasteiger partial charge in [0, 0.05) is 18.5 Å². The molecule has 2 aromatic carbocycles. The quantitative estimate of drug-likeness (QED) is 0.618. The van der Waals surface area contributed by atoms with Crippen LogP contribution in [0, 0.1) is 0 Å². The third-order valence-corrected chi connectivity index (χ3v) is 5.12. The van der Waals surface area contributed by atoms with Crippen LogP contribution < -0.4 is 25.0 Å². The van der Waals surface area contributed by atoms with Crippen LogP contribution in [0.1, 0.15) is 16.8 Å². The predicted molar refractivity (Wildman–Crippen MR) is 94.4 cm³/mol. The molecule has 0 spiro atoms. The van der Waals surface area contributed by atoms with E-state index in [4.69, 9.17) is 9.47 Å². The molecule has 0 saturated heterocycles. The minimum atomic E-state index is -3.68. The van der Waals surface area contributed by atoms with E-state index < -0.39 is 21.8 Å². The first-order valence-corrected chi connectivity index (χ1v) is 9.47. The molecule has 0 atom stereocenters. The summed E-state index contributed by atoms with van der Waals surface area (Å²) < 4.78 is 36.7. The lowest BCUT2D eigenvalue weighted by molar-refractivity contribution is -0.121. The van der Waals surface area contributed by atoms with Crippen molar-refractivity contribution in [2.24, 2.45) is 0 Å². The summed E-state index contributed by atoms with van der Waals surface area (Å²) in [5, 5.41) is 0. The van der Waals surface area contributed by atoms with Crippen molar-refractivity contribution in [1.82, 2.24) is 15.6 Å². The molecule has 10 heteroatoms. The monoisotopic (exact) mass is 391 g/mol. The van der Waals surface area contributed by atoms with Crippen molar-refractivity contribution in [3.63, 3.8) is 0 Å². The highest BCUT2D eigenvalue weighted by molar-refractivity contribution is 7.89. The number of hydrogen-bond donors (Lipinski definition) is 3. The Balaban J connectivity index is 1.44. The van der Waals surface area contributed by atoms with E-state index in [0.717, 1.165) is 0 Å². The van der Waals surface area contributed by atoms with Gasteiger partial charge in [0.2, 0.25) is 22.7 Å². The largest absolute Gasteiger partial charge is 0.454 e. The van der Waals surface area contributed by atoms with Crippen LogP contribution in [0.15, 0.2) is 53.4 Å². The first-order valence-electron chi connectivity index (χ1n) is 7.99. The maximum atomic E-state index is 12.0. The molecule has 0 fully saturated rings. The van der Waals surface area contributed by atoms with Crippen LogP contribution in [0.25, 0.3) is 0 Å².